The summed E-state index contributed by atoms with van der Waals surface area (Å²) in [5.41, 5.74) is 0.979. The molecule has 0 radical (unpaired) electrons. The smallest absolute Gasteiger partial charge is 0.248 e. The van der Waals surface area contributed by atoms with Crippen LogP contribution in [-0.2, 0) is 6.54 Å². The molecule has 0 saturated heterocycles. The van der Waals surface area contributed by atoms with Gasteiger partial charge in [-0.3, -0.25) is 0 Å². The number of halogens is 2. The summed E-state index contributed by atoms with van der Waals surface area (Å²) in [5, 5.41) is 3.26. The number of hydrogen-bond acceptors (Lipinski definition) is 2. The lowest BCUT2D eigenvalue weighted by Crippen LogP contribution is -2.25. The van der Waals surface area contributed by atoms with Crippen molar-refractivity contribution in [1.82, 2.24) is 15.3 Å². The van der Waals surface area contributed by atoms with Crippen LogP contribution in [-0.4, -0.2) is 22.4 Å². The Morgan fingerprint density at radius 3 is 3.11 bits per heavy atom. The monoisotopic (exact) mass is 257 g/mol. The third-order valence-electron chi connectivity index (χ3n) is 3.42. The van der Waals surface area contributed by atoms with Crippen molar-refractivity contribution in [2.75, 3.05) is 6.54 Å². The van der Waals surface area contributed by atoms with Crippen molar-refractivity contribution >= 4 is 0 Å². The number of H-pyrrole nitrogens is 1. The molecule has 102 valence electrons. The first-order valence-electron chi connectivity index (χ1n) is 6.73. The van der Waals surface area contributed by atoms with E-state index in [1.165, 1.54) is 0 Å². The van der Waals surface area contributed by atoms with Gasteiger partial charge < -0.3 is 10.3 Å². The molecule has 2 rings (SSSR count). The van der Waals surface area contributed by atoms with E-state index in [9.17, 15) is 8.78 Å². The second-order valence-corrected chi connectivity index (χ2v) is 5.12. The minimum atomic E-state index is -2.52. The fourth-order valence-electron chi connectivity index (χ4n) is 2.48. The third-order valence-corrected chi connectivity index (χ3v) is 3.42. The molecule has 1 aromatic rings. The number of nitrogens with one attached hydrogen (secondary N) is 2. The van der Waals surface area contributed by atoms with E-state index in [0.717, 1.165) is 37.4 Å². The van der Waals surface area contributed by atoms with Crippen molar-refractivity contribution in [1.29, 1.82) is 0 Å². The van der Waals surface area contributed by atoms with Gasteiger partial charge in [0.2, 0.25) is 5.92 Å². The summed E-state index contributed by atoms with van der Waals surface area (Å²) in [5.74, 6) is -1.91. The molecule has 1 unspecified atom stereocenters. The highest BCUT2D eigenvalue weighted by atomic mass is 19.3. The Bertz CT molecular complexity index is 376. The van der Waals surface area contributed by atoms with Gasteiger partial charge in [-0.15, -0.1) is 0 Å². The SMILES string of the molecule is CCCNCc1cnc(C2CCCC(F)(F)C2)[nH]1. The van der Waals surface area contributed by atoms with Crippen LogP contribution in [0.2, 0.25) is 0 Å². The van der Waals surface area contributed by atoms with E-state index in [4.69, 9.17) is 0 Å². The first-order valence-corrected chi connectivity index (χ1v) is 6.73. The van der Waals surface area contributed by atoms with Crippen molar-refractivity contribution in [3.05, 3.63) is 17.7 Å². The van der Waals surface area contributed by atoms with Gasteiger partial charge in [-0.05, 0) is 25.8 Å². The number of imidazole rings is 1. The second kappa shape index (κ2) is 5.78. The van der Waals surface area contributed by atoms with Gasteiger partial charge in [0.25, 0.3) is 0 Å². The Morgan fingerprint density at radius 1 is 1.56 bits per heavy atom. The molecular weight excluding hydrogens is 236 g/mol. The molecule has 1 saturated carbocycles. The fourth-order valence-corrected chi connectivity index (χ4v) is 2.48. The molecule has 0 amide bonds. The van der Waals surface area contributed by atoms with Crippen molar-refractivity contribution in [2.24, 2.45) is 0 Å². The summed E-state index contributed by atoms with van der Waals surface area (Å²) >= 11 is 0. The lowest BCUT2D eigenvalue weighted by atomic mass is 9.86. The van der Waals surface area contributed by atoms with Crippen LogP contribution < -0.4 is 5.32 Å². The summed E-state index contributed by atoms with van der Waals surface area (Å²) in [4.78, 5) is 7.43. The highest BCUT2D eigenvalue weighted by molar-refractivity contribution is 5.07. The first-order chi connectivity index (χ1) is 8.61. The quantitative estimate of drug-likeness (QED) is 0.795. The van der Waals surface area contributed by atoms with Crippen LogP contribution >= 0.6 is 0 Å². The largest absolute Gasteiger partial charge is 0.345 e. The fraction of sp³-hybridized carbons (Fsp3) is 0.769. The third kappa shape index (κ3) is 3.51. The van der Waals surface area contributed by atoms with E-state index in [-0.39, 0.29) is 18.8 Å². The maximum absolute atomic E-state index is 13.3. The Labute approximate surface area is 106 Å². The van der Waals surface area contributed by atoms with Crippen molar-refractivity contribution < 1.29 is 8.78 Å². The maximum Gasteiger partial charge on any atom is 0.248 e. The molecule has 1 heterocycles. The van der Waals surface area contributed by atoms with Crippen molar-refractivity contribution in [3.8, 4) is 0 Å². The molecule has 1 fully saturated rings. The molecule has 5 heteroatoms. The predicted molar refractivity (Wildman–Crippen MR) is 66.7 cm³/mol. The molecule has 1 atom stereocenters. The van der Waals surface area contributed by atoms with Crippen LogP contribution in [0.3, 0.4) is 0 Å². The maximum atomic E-state index is 13.3. The Balaban J connectivity index is 1.92. The summed E-state index contributed by atoms with van der Waals surface area (Å²) in [6.07, 6.45) is 4.19. The van der Waals surface area contributed by atoms with Gasteiger partial charge in [0, 0.05) is 37.2 Å². The summed E-state index contributed by atoms with van der Waals surface area (Å²) in [6, 6.07) is 0. The number of nitrogens with zero attached hydrogens (tertiary/aromatic N) is 1. The van der Waals surface area contributed by atoms with Crippen LogP contribution in [0.4, 0.5) is 8.78 Å². The van der Waals surface area contributed by atoms with E-state index in [2.05, 4.69) is 22.2 Å². The van der Waals surface area contributed by atoms with Gasteiger partial charge in [0.05, 0.1) is 0 Å². The standard InChI is InChI=1S/C13H21F2N3/c1-2-6-16-8-11-9-17-12(18-11)10-4-3-5-13(14,15)7-10/h9-10,16H,2-8H2,1H3,(H,17,18). The molecule has 0 aromatic carbocycles. The Hall–Kier alpha value is -0.970. The lowest BCUT2D eigenvalue weighted by molar-refractivity contribution is -0.0416. The Morgan fingerprint density at radius 2 is 2.39 bits per heavy atom. The topological polar surface area (TPSA) is 40.7 Å². The summed E-state index contributed by atoms with van der Waals surface area (Å²) in [6.45, 7) is 3.79. The van der Waals surface area contributed by atoms with E-state index < -0.39 is 5.92 Å². The average Bonchev–Trinajstić information content (AvgIpc) is 2.77. The van der Waals surface area contributed by atoms with Crippen LogP contribution in [0.5, 0.6) is 0 Å². The number of alkyl halides is 2. The van der Waals surface area contributed by atoms with Crippen LogP contribution in [0.25, 0.3) is 0 Å². The van der Waals surface area contributed by atoms with Crippen LogP contribution in [0.1, 0.15) is 56.5 Å². The average molecular weight is 257 g/mol. The minimum absolute atomic E-state index is 0.0229. The summed E-state index contributed by atoms with van der Waals surface area (Å²) in [7, 11) is 0. The van der Waals surface area contributed by atoms with Gasteiger partial charge in [0.15, 0.2) is 0 Å². The van der Waals surface area contributed by atoms with Gasteiger partial charge >= 0.3 is 0 Å². The van der Waals surface area contributed by atoms with Crippen LogP contribution in [0.15, 0.2) is 6.20 Å². The highest BCUT2D eigenvalue weighted by Gasteiger charge is 2.37. The van der Waals surface area contributed by atoms with Gasteiger partial charge in [-0.2, -0.15) is 0 Å². The number of aromatic nitrogens is 2. The lowest BCUT2D eigenvalue weighted by Gasteiger charge is -2.27. The van der Waals surface area contributed by atoms with E-state index in [0.29, 0.717) is 6.42 Å². The number of rotatable bonds is 5. The zero-order valence-electron chi connectivity index (χ0n) is 10.8. The molecule has 18 heavy (non-hydrogen) atoms. The predicted octanol–water partition coefficient (Wildman–Crippen LogP) is 3.20. The van der Waals surface area contributed by atoms with Gasteiger partial charge in [0.1, 0.15) is 5.82 Å². The second-order valence-electron chi connectivity index (χ2n) is 5.12. The summed E-state index contributed by atoms with van der Waals surface area (Å²) < 4.78 is 26.7. The van der Waals surface area contributed by atoms with Crippen molar-refractivity contribution in [2.45, 2.75) is 57.4 Å². The molecule has 1 aliphatic rings. The molecular formula is C13H21F2N3. The molecule has 0 bridgehead atoms. The van der Waals surface area contributed by atoms with Crippen molar-refractivity contribution in [3.63, 3.8) is 0 Å². The molecule has 1 aliphatic carbocycles. The van der Waals surface area contributed by atoms with Gasteiger partial charge in [-0.25, -0.2) is 13.8 Å². The minimum Gasteiger partial charge on any atom is -0.345 e. The zero-order chi connectivity index (χ0) is 13.0. The number of hydrogen-bond donors (Lipinski definition) is 2. The van der Waals surface area contributed by atoms with Crippen LogP contribution in [0, 0.1) is 0 Å². The highest BCUT2D eigenvalue weighted by Crippen LogP contribution is 2.40. The zero-order valence-corrected chi connectivity index (χ0v) is 10.8. The van der Waals surface area contributed by atoms with E-state index in [1.54, 1.807) is 6.20 Å². The normalized spacial score (nSPS) is 23.2. The number of aromatic amines is 1. The molecule has 2 N–H and O–H groups in total. The molecule has 1 aromatic heterocycles. The van der Waals surface area contributed by atoms with Gasteiger partial charge in [-0.1, -0.05) is 6.92 Å². The Kier molecular flexibility index (Phi) is 4.32. The molecule has 0 aliphatic heterocycles. The molecule has 3 nitrogen and oxygen atoms in total. The van der Waals surface area contributed by atoms with E-state index >= 15 is 0 Å². The first kappa shape index (κ1) is 13.5. The van der Waals surface area contributed by atoms with E-state index in [1.807, 2.05) is 0 Å². The molecule has 0 spiro atoms.